The minimum Gasteiger partial charge on any atom is -0.385 e. The van der Waals surface area contributed by atoms with Gasteiger partial charge in [0, 0.05) is 12.2 Å². The monoisotopic (exact) mass is 284 g/mol. The van der Waals surface area contributed by atoms with Gasteiger partial charge in [0.05, 0.1) is 4.90 Å². The van der Waals surface area contributed by atoms with E-state index in [4.69, 9.17) is 5.14 Å². The SMILES string of the molecule is CCCCCCNc1cc(S(N)(=O)=O)cc(C)c1C. The number of benzene rings is 1. The molecule has 0 heterocycles. The van der Waals surface area contributed by atoms with Crippen molar-refractivity contribution in [2.75, 3.05) is 11.9 Å². The van der Waals surface area contributed by atoms with Crippen LogP contribution in [0.15, 0.2) is 17.0 Å². The number of nitrogens with two attached hydrogens (primary N) is 1. The molecule has 0 atom stereocenters. The molecule has 4 nitrogen and oxygen atoms in total. The van der Waals surface area contributed by atoms with Gasteiger partial charge in [-0.2, -0.15) is 0 Å². The molecule has 0 radical (unpaired) electrons. The second kappa shape index (κ2) is 6.91. The maximum absolute atomic E-state index is 11.4. The first kappa shape index (κ1) is 16.0. The molecular weight excluding hydrogens is 260 g/mol. The molecule has 0 aliphatic carbocycles. The Morgan fingerprint density at radius 3 is 2.42 bits per heavy atom. The van der Waals surface area contributed by atoms with Crippen LogP contribution in [0.5, 0.6) is 0 Å². The quantitative estimate of drug-likeness (QED) is 0.756. The van der Waals surface area contributed by atoms with Gasteiger partial charge in [0.1, 0.15) is 0 Å². The number of anilines is 1. The molecule has 0 saturated heterocycles. The minimum atomic E-state index is -3.64. The fourth-order valence-electron chi connectivity index (χ4n) is 1.95. The van der Waals surface area contributed by atoms with Crippen LogP contribution in [0.1, 0.15) is 43.7 Å². The third-order valence-electron chi connectivity index (χ3n) is 3.32. The van der Waals surface area contributed by atoms with Crippen molar-refractivity contribution in [3.63, 3.8) is 0 Å². The number of primary sulfonamides is 1. The summed E-state index contributed by atoms with van der Waals surface area (Å²) in [7, 11) is -3.64. The van der Waals surface area contributed by atoms with Crippen LogP contribution in [-0.2, 0) is 10.0 Å². The molecule has 0 aromatic heterocycles. The molecule has 1 aromatic carbocycles. The summed E-state index contributed by atoms with van der Waals surface area (Å²) in [6.45, 7) is 6.91. The van der Waals surface area contributed by atoms with Crippen LogP contribution in [0, 0.1) is 13.8 Å². The van der Waals surface area contributed by atoms with Crippen molar-refractivity contribution in [3.05, 3.63) is 23.3 Å². The van der Waals surface area contributed by atoms with E-state index in [1.54, 1.807) is 12.1 Å². The van der Waals surface area contributed by atoms with Crippen molar-refractivity contribution in [3.8, 4) is 0 Å². The van der Waals surface area contributed by atoms with Gasteiger partial charge in [-0.3, -0.25) is 0 Å². The van der Waals surface area contributed by atoms with Gasteiger partial charge < -0.3 is 5.32 Å². The molecule has 0 aliphatic heterocycles. The van der Waals surface area contributed by atoms with Gasteiger partial charge in [0.2, 0.25) is 10.0 Å². The molecule has 0 aliphatic rings. The Labute approximate surface area is 116 Å². The summed E-state index contributed by atoms with van der Waals surface area (Å²) in [5, 5.41) is 8.49. The van der Waals surface area contributed by atoms with Gasteiger partial charge in [-0.25, -0.2) is 13.6 Å². The van der Waals surface area contributed by atoms with E-state index in [1.165, 1.54) is 19.3 Å². The Kier molecular flexibility index (Phi) is 5.82. The lowest BCUT2D eigenvalue weighted by Gasteiger charge is -2.13. The van der Waals surface area contributed by atoms with Crippen LogP contribution < -0.4 is 10.5 Å². The first-order valence-electron chi connectivity index (χ1n) is 6.74. The summed E-state index contributed by atoms with van der Waals surface area (Å²) in [6, 6.07) is 3.24. The zero-order valence-corrected chi connectivity index (χ0v) is 12.8. The van der Waals surface area contributed by atoms with E-state index in [9.17, 15) is 8.42 Å². The van der Waals surface area contributed by atoms with E-state index >= 15 is 0 Å². The number of aryl methyl sites for hydroxylation is 1. The molecule has 1 aromatic rings. The molecule has 0 spiro atoms. The summed E-state index contributed by atoms with van der Waals surface area (Å²) in [5.74, 6) is 0. The molecule has 0 saturated carbocycles. The second-order valence-corrected chi connectivity index (χ2v) is 6.51. The van der Waals surface area contributed by atoms with E-state index in [2.05, 4.69) is 12.2 Å². The van der Waals surface area contributed by atoms with Gasteiger partial charge in [-0.15, -0.1) is 0 Å². The molecular formula is C14H24N2O2S. The maximum Gasteiger partial charge on any atom is 0.238 e. The first-order valence-corrected chi connectivity index (χ1v) is 8.28. The van der Waals surface area contributed by atoms with Crippen molar-refractivity contribution in [2.24, 2.45) is 5.14 Å². The summed E-state index contributed by atoms with van der Waals surface area (Å²) >= 11 is 0. The van der Waals surface area contributed by atoms with Crippen molar-refractivity contribution < 1.29 is 8.42 Å². The van der Waals surface area contributed by atoms with Gasteiger partial charge in [-0.1, -0.05) is 26.2 Å². The lowest BCUT2D eigenvalue weighted by Crippen LogP contribution is -2.14. The maximum atomic E-state index is 11.4. The van der Waals surface area contributed by atoms with Crippen LogP contribution in [-0.4, -0.2) is 15.0 Å². The van der Waals surface area contributed by atoms with Gasteiger partial charge in [0.15, 0.2) is 0 Å². The molecule has 5 heteroatoms. The fraction of sp³-hybridized carbons (Fsp3) is 0.571. The highest BCUT2D eigenvalue weighted by atomic mass is 32.2. The summed E-state index contributed by atoms with van der Waals surface area (Å²) in [5.41, 5.74) is 2.87. The third kappa shape index (κ3) is 4.84. The molecule has 1 rings (SSSR count). The smallest absolute Gasteiger partial charge is 0.238 e. The number of rotatable bonds is 7. The molecule has 0 unspecified atom stereocenters. The van der Waals surface area contributed by atoms with Crippen LogP contribution in [0.2, 0.25) is 0 Å². The van der Waals surface area contributed by atoms with Crippen molar-refractivity contribution in [1.82, 2.24) is 0 Å². The second-order valence-electron chi connectivity index (χ2n) is 4.95. The van der Waals surface area contributed by atoms with Crippen molar-refractivity contribution in [2.45, 2.75) is 51.3 Å². The van der Waals surface area contributed by atoms with Crippen LogP contribution >= 0.6 is 0 Å². The van der Waals surface area contributed by atoms with E-state index in [0.717, 1.165) is 29.8 Å². The molecule has 0 bridgehead atoms. The number of nitrogens with one attached hydrogen (secondary N) is 1. The van der Waals surface area contributed by atoms with E-state index in [-0.39, 0.29) is 4.90 Å². The Hall–Kier alpha value is -1.07. The number of hydrogen-bond acceptors (Lipinski definition) is 3. The molecule has 0 fully saturated rings. The largest absolute Gasteiger partial charge is 0.385 e. The zero-order valence-electron chi connectivity index (χ0n) is 12.0. The van der Waals surface area contributed by atoms with Gasteiger partial charge >= 0.3 is 0 Å². The third-order valence-corrected chi connectivity index (χ3v) is 4.21. The zero-order chi connectivity index (χ0) is 14.5. The van der Waals surface area contributed by atoms with E-state index in [0.29, 0.717) is 0 Å². The van der Waals surface area contributed by atoms with Crippen LogP contribution in [0.4, 0.5) is 5.69 Å². The van der Waals surface area contributed by atoms with Crippen molar-refractivity contribution >= 4 is 15.7 Å². The summed E-state index contributed by atoms with van der Waals surface area (Å²) < 4.78 is 22.8. The standard InChI is InChI=1S/C14H24N2O2S/c1-4-5-6-7-8-16-14-10-13(19(15,17)18)9-11(2)12(14)3/h9-10,16H,4-8H2,1-3H3,(H2,15,17,18). The number of unbranched alkanes of at least 4 members (excludes halogenated alkanes) is 3. The average Bonchev–Trinajstić information content (AvgIpc) is 2.32. The topological polar surface area (TPSA) is 72.2 Å². The number of sulfonamides is 1. The Balaban J connectivity index is 2.80. The predicted molar refractivity (Wildman–Crippen MR) is 79.9 cm³/mol. The predicted octanol–water partition coefficient (Wildman–Crippen LogP) is 2.94. The van der Waals surface area contributed by atoms with Gasteiger partial charge in [-0.05, 0) is 43.5 Å². The number of hydrogen-bond donors (Lipinski definition) is 2. The Morgan fingerprint density at radius 1 is 1.16 bits per heavy atom. The molecule has 3 N–H and O–H groups in total. The van der Waals surface area contributed by atoms with Gasteiger partial charge in [0.25, 0.3) is 0 Å². The summed E-state index contributed by atoms with van der Waals surface area (Å²) in [6.07, 6.45) is 4.72. The lowest BCUT2D eigenvalue weighted by molar-refractivity contribution is 0.597. The van der Waals surface area contributed by atoms with Crippen LogP contribution in [0.3, 0.4) is 0 Å². The Morgan fingerprint density at radius 2 is 1.84 bits per heavy atom. The average molecular weight is 284 g/mol. The van der Waals surface area contributed by atoms with Crippen LogP contribution in [0.25, 0.3) is 0 Å². The fourth-order valence-corrected chi connectivity index (χ4v) is 2.57. The normalized spacial score (nSPS) is 11.6. The Bertz CT molecular complexity index is 524. The van der Waals surface area contributed by atoms with E-state index in [1.807, 2.05) is 13.8 Å². The molecule has 19 heavy (non-hydrogen) atoms. The summed E-state index contributed by atoms with van der Waals surface area (Å²) in [4.78, 5) is 0.173. The highest BCUT2D eigenvalue weighted by Gasteiger charge is 2.12. The molecule has 108 valence electrons. The highest BCUT2D eigenvalue weighted by Crippen LogP contribution is 2.23. The molecule has 0 amide bonds. The first-order chi connectivity index (χ1) is 8.86. The highest BCUT2D eigenvalue weighted by molar-refractivity contribution is 7.89. The minimum absolute atomic E-state index is 0.173. The van der Waals surface area contributed by atoms with Crippen molar-refractivity contribution in [1.29, 1.82) is 0 Å². The lowest BCUT2D eigenvalue weighted by atomic mass is 10.1. The van der Waals surface area contributed by atoms with E-state index < -0.39 is 10.0 Å².